The lowest BCUT2D eigenvalue weighted by Gasteiger charge is -2.14. The van der Waals surface area contributed by atoms with E-state index in [1.807, 2.05) is 18.2 Å². The summed E-state index contributed by atoms with van der Waals surface area (Å²) in [5, 5.41) is 7.10. The van der Waals surface area contributed by atoms with Crippen molar-refractivity contribution < 1.29 is 23.8 Å². The quantitative estimate of drug-likeness (QED) is 0.443. The first-order chi connectivity index (χ1) is 15.0. The lowest BCUT2D eigenvalue weighted by Crippen LogP contribution is -2.14. The highest BCUT2D eigenvalue weighted by Gasteiger charge is 2.12. The number of nitrogens with zero attached hydrogens (tertiary/aromatic N) is 2. The number of carbonyl (C=O) groups is 2. The summed E-state index contributed by atoms with van der Waals surface area (Å²) in [5.41, 5.74) is 2.08. The molecule has 3 rings (SSSR count). The molecule has 0 saturated carbocycles. The van der Waals surface area contributed by atoms with Crippen LogP contribution in [-0.2, 0) is 16.1 Å². The van der Waals surface area contributed by atoms with Crippen LogP contribution < -0.4 is 14.8 Å². The molecule has 8 heteroatoms. The van der Waals surface area contributed by atoms with Gasteiger partial charge in [0.1, 0.15) is 5.82 Å². The summed E-state index contributed by atoms with van der Waals surface area (Å²) in [6, 6.07) is 14.0. The van der Waals surface area contributed by atoms with Crippen LogP contribution in [0.2, 0.25) is 0 Å². The topological polar surface area (TPSA) is 91.7 Å². The van der Waals surface area contributed by atoms with E-state index >= 15 is 0 Å². The summed E-state index contributed by atoms with van der Waals surface area (Å²) in [4.78, 5) is 23.9. The Balaban J connectivity index is 1.68. The molecule has 1 heterocycles. The second-order valence-electron chi connectivity index (χ2n) is 6.46. The van der Waals surface area contributed by atoms with Crippen LogP contribution in [0, 0.1) is 0 Å². The minimum Gasteiger partial charge on any atom is -0.493 e. The lowest BCUT2D eigenvalue weighted by molar-refractivity contribution is -0.111. The van der Waals surface area contributed by atoms with Crippen molar-refractivity contribution in [3.05, 3.63) is 77.5 Å². The maximum absolute atomic E-state index is 12.4. The van der Waals surface area contributed by atoms with Crippen molar-refractivity contribution in [2.45, 2.75) is 6.54 Å². The highest BCUT2D eigenvalue weighted by atomic mass is 16.5. The van der Waals surface area contributed by atoms with E-state index in [0.717, 1.165) is 11.1 Å². The Morgan fingerprint density at radius 3 is 2.48 bits per heavy atom. The van der Waals surface area contributed by atoms with Gasteiger partial charge in [-0.15, -0.1) is 0 Å². The van der Waals surface area contributed by atoms with Gasteiger partial charge in [0.25, 0.3) is 0 Å². The third-order valence-electron chi connectivity index (χ3n) is 4.53. The Morgan fingerprint density at radius 1 is 1.03 bits per heavy atom. The number of esters is 1. The van der Waals surface area contributed by atoms with Gasteiger partial charge in [0.2, 0.25) is 5.91 Å². The van der Waals surface area contributed by atoms with E-state index in [1.54, 1.807) is 61.5 Å². The number of rotatable bonds is 8. The van der Waals surface area contributed by atoms with Crippen molar-refractivity contribution >= 4 is 23.8 Å². The molecule has 0 spiro atoms. The first kappa shape index (κ1) is 21.6. The molecular formula is C23H23N3O5. The van der Waals surface area contributed by atoms with E-state index in [1.165, 1.54) is 13.2 Å². The Hall–Kier alpha value is -4.07. The molecule has 1 amide bonds. The zero-order valence-corrected chi connectivity index (χ0v) is 17.5. The first-order valence-electron chi connectivity index (χ1n) is 9.45. The third-order valence-corrected chi connectivity index (χ3v) is 4.53. The zero-order chi connectivity index (χ0) is 22.2. The molecule has 3 aromatic rings. The summed E-state index contributed by atoms with van der Waals surface area (Å²) in [6.45, 7) is 0.391. The van der Waals surface area contributed by atoms with E-state index in [9.17, 15) is 9.59 Å². The van der Waals surface area contributed by atoms with Crippen LogP contribution in [0.5, 0.6) is 11.5 Å². The van der Waals surface area contributed by atoms with E-state index in [4.69, 9.17) is 9.47 Å². The summed E-state index contributed by atoms with van der Waals surface area (Å²) in [6.07, 6.45) is 4.68. The maximum atomic E-state index is 12.4. The second-order valence-corrected chi connectivity index (χ2v) is 6.46. The van der Waals surface area contributed by atoms with E-state index in [-0.39, 0.29) is 5.91 Å². The van der Waals surface area contributed by atoms with Crippen molar-refractivity contribution in [1.82, 2.24) is 9.78 Å². The monoisotopic (exact) mass is 421 g/mol. The standard InChI is InChI=1S/C23H23N3O5/c1-29-19-6-4-5-18(22(19)30-2)15-26-20(13-14-24-26)25-21(27)12-9-16-7-10-17(11-8-16)23(28)31-3/h4-14H,15H2,1-3H3,(H,25,27). The van der Waals surface area contributed by atoms with Gasteiger partial charge in [0.15, 0.2) is 11.5 Å². The number of anilines is 1. The minimum absolute atomic E-state index is 0.309. The van der Waals surface area contributed by atoms with Gasteiger partial charge in [0.05, 0.1) is 39.6 Å². The predicted molar refractivity (Wildman–Crippen MR) is 116 cm³/mol. The highest BCUT2D eigenvalue weighted by molar-refractivity contribution is 6.01. The fourth-order valence-electron chi connectivity index (χ4n) is 2.99. The number of methoxy groups -OCH3 is 3. The average molecular weight is 421 g/mol. The molecule has 0 bridgehead atoms. The lowest BCUT2D eigenvalue weighted by atomic mass is 10.1. The number of ether oxygens (including phenoxy) is 3. The van der Waals surface area contributed by atoms with Crippen LogP contribution >= 0.6 is 0 Å². The van der Waals surface area contributed by atoms with Crippen LogP contribution in [0.1, 0.15) is 21.5 Å². The molecule has 0 fully saturated rings. The van der Waals surface area contributed by atoms with Gasteiger partial charge in [-0.1, -0.05) is 24.3 Å². The number of hydrogen-bond acceptors (Lipinski definition) is 6. The molecule has 31 heavy (non-hydrogen) atoms. The van der Waals surface area contributed by atoms with Crippen molar-refractivity contribution in [1.29, 1.82) is 0 Å². The Labute approximate surface area is 180 Å². The minimum atomic E-state index is -0.408. The molecule has 0 aliphatic rings. The molecule has 1 aromatic heterocycles. The number of hydrogen-bond donors (Lipinski definition) is 1. The van der Waals surface area contributed by atoms with Gasteiger partial charge in [-0.2, -0.15) is 5.10 Å². The summed E-state index contributed by atoms with van der Waals surface area (Å²) in [7, 11) is 4.49. The molecule has 0 unspecified atom stereocenters. The number of aromatic nitrogens is 2. The molecule has 0 aliphatic heterocycles. The van der Waals surface area contributed by atoms with E-state index in [0.29, 0.717) is 29.4 Å². The maximum Gasteiger partial charge on any atom is 0.337 e. The van der Waals surface area contributed by atoms with Crippen LogP contribution in [0.25, 0.3) is 6.08 Å². The predicted octanol–water partition coefficient (Wildman–Crippen LogP) is 3.39. The molecular weight excluding hydrogens is 398 g/mol. The third kappa shape index (κ3) is 5.30. The number of benzene rings is 2. The van der Waals surface area contributed by atoms with Gasteiger partial charge in [-0.3, -0.25) is 4.79 Å². The molecule has 8 nitrogen and oxygen atoms in total. The fraction of sp³-hybridized carbons (Fsp3) is 0.174. The summed E-state index contributed by atoms with van der Waals surface area (Å²) in [5.74, 6) is 1.07. The SMILES string of the molecule is COC(=O)c1ccc(C=CC(=O)Nc2ccnn2Cc2cccc(OC)c2OC)cc1. The van der Waals surface area contributed by atoms with Gasteiger partial charge in [0, 0.05) is 17.7 Å². The number of carbonyl (C=O) groups excluding carboxylic acids is 2. The largest absolute Gasteiger partial charge is 0.493 e. The molecule has 0 aliphatic carbocycles. The normalized spacial score (nSPS) is 10.7. The van der Waals surface area contributed by atoms with Crippen LogP contribution in [0.3, 0.4) is 0 Å². The molecule has 0 radical (unpaired) electrons. The summed E-state index contributed by atoms with van der Waals surface area (Å²) < 4.78 is 17.1. The van der Waals surface area contributed by atoms with Gasteiger partial charge in [-0.05, 0) is 29.8 Å². The number of nitrogens with one attached hydrogen (secondary N) is 1. The Kier molecular flexibility index (Phi) is 7.05. The van der Waals surface area contributed by atoms with E-state index < -0.39 is 5.97 Å². The van der Waals surface area contributed by atoms with Crippen LogP contribution in [0.4, 0.5) is 5.82 Å². The van der Waals surface area contributed by atoms with Crippen molar-refractivity contribution in [2.24, 2.45) is 0 Å². The van der Waals surface area contributed by atoms with Crippen LogP contribution in [-0.4, -0.2) is 43.0 Å². The zero-order valence-electron chi connectivity index (χ0n) is 17.5. The highest BCUT2D eigenvalue weighted by Crippen LogP contribution is 2.31. The molecule has 160 valence electrons. The molecule has 2 aromatic carbocycles. The van der Waals surface area contributed by atoms with Crippen molar-refractivity contribution in [3.8, 4) is 11.5 Å². The molecule has 0 atom stereocenters. The fourth-order valence-corrected chi connectivity index (χ4v) is 2.99. The first-order valence-corrected chi connectivity index (χ1v) is 9.45. The number of amides is 1. The van der Waals surface area contributed by atoms with Crippen LogP contribution in [0.15, 0.2) is 60.8 Å². The smallest absolute Gasteiger partial charge is 0.337 e. The van der Waals surface area contributed by atoms with Gasteiger partial charge >= 0.3 is 5.97 Å². The van der Waals surface area contributed by atoms with Gasteiger partial charge < -0.3 is 19.5 Å². The number of para-hydroxylation sites is 1. The average Bonchev–Trinajstić information content (AvgIpc) is 3.23. The van der Waals surface area contributed by atoms with Gasteiger partial charge in [-0.25, -0.2) is 9.48 Å². The Morgan fingerprint density at radius 2 is 1.81 bits per heavy atom. The van der Waals surface area contributed by atoms with E-state index in [2.05, 4.69) is 15.2 Å². The van der Waals surface area contributed by atoms with Crippen molar-refractivity contribution in [3.63, 3.8) is 0 Å². The Bertz CT molecular complexity index is 1090. The molecule has 0 saturated heterocycles. The van der Waals surface area contributed by atoms with Crippen molar-refractivity contribution in [2.75, 3.05) is 26.6 Å². The molecule has 1 N–H and O–H groups in total. The summed E-state index contributed by atoms with van der Waals surface area (Å²) >= 11 is 0. The second kappa shape index (κ2) is 10.1.